The molecule has 0 radical (unpaired) electrons. The lowest BCUT2D eigenvalue weighted by atomic mass is 10.0. The Morgan fingerprint density at radius 1 is 1.46 bits per heavy atom. The first-order valence-corrected chi connectivity index (χ1v) is 4.91. The van der Waals surface area contributed by atoms with E-state index in [1.807, 2.05) is 6.92 Å². The topological polar surface area (TPSA) is 34.1 Å². The zero-order chi connectivity index (χ0) is 10.0. The normalized spacial score (nSPS) is 9.77. The maximum atomic E-state index is 11.1. The smallest absolute Gasteiger partial charge is 0.160 e. The number of ketones is 1. The molecule has 68 valence electrons. The van der Waals surface area contributed by atoms with Gasteiger partial charge in [-0.25, -0.2) is 0 Å². The summed E-state index contributed by atoms with van der Waals surface area (Å²) in [6.07, 6.45) is 0.804. The van der Waals surface area contributed by atoms with E-state index in [0.29, 0.717) is 11.1 Å². The van der Waals surface area contributed by atoms with E-state index in [4.69, 9.17) is 0 Å². The lowest BCUT2D eigenvalue weighted by Crippen LogP contribution is -2.00. The molecule has 0 aliphatic carbocycles. The van der Waals surface area contributed by atoms with Gasteiger partial charge in [0, 0.05) is 14.7 Å². The van der Waals surface area contributed by atoms with Gasteiger partial charge in [0.15, 0.2) is 12.1 Å². The molecule has 3 heteroatoms. The van der Waals surface area contributed by atoms with Crippen LogP contribution >= 0.6 is 22.6 Å². The molecule has 2 nitrogen and oxygen atoms in total. The second-order valence-electron chi connectivity index (χ2n) is 2.82. The van der Waals surface area contributed by atoms with Crippen molar-refractivity contribution in [2.45, 2.75) is 13.8 Å². The van der Waals surface area contributed by atoms with Gasteiger partial charge in [0.2, 0.25) is 0 Å². The molecule has 0 N–H and O–H groups in total. The van der Waals surface area contributed by atoms with Gasteiger partial charge in [0.05, 0.1) is 0 Å². The Hall–Kier alpha value is -0.710. The minimum absolute atomic E-state index is 0.0351. The number of halogens is 1. The second-order valence-corrected chi connectivity index (χ2v) is 3.89. The van der Waals surface area contributed by atoms with Crippen LogP contribution in [0.15, 0.2) is 12.1 Å². The van der Waals surface area contributed by atoms with Crippen LogP contribution in [-0.4, -0.2) is 12.1 Å². The van der Waals surface area contributed by atoms with E-state index in [1.54, 1.807) is 12.1 Å². The molecule has 0 aromatic heterocycles. The Balaban J connectivity index is 3.39. The number of hydrogen-bond acceptors (Lipinski definition) is 2. The molecule has 0 spiro atoms. The summed E-state index contributed by atoms with van der Waals surface area (Å²) in [7, 11) is 0. The van der Waals surface area contributed by atoms with Crippen molar-refractivity contribution in [1.82, 2.24) is 0 Å². The van der Waals surface area contributed by atoms with Crippen molar-refractivity contribution < 1.29 is 9.59 Å². The van der Waals surface area contributed by atoms with Crippen LogP contribution in [0.5, 0.6) is 0 Å². The van der Waals surface area contributed by atoms with Crippen molar-refractivity contribution in [3.63, 3.8) is 0 Å². The number of aldehydes is 1. The molecule has 13 heavy (non-hydrogen) atoms. The molecule has 1 aromatic rings. The number of carbonyl (C=O) groups excluding carboxylic acids is 2. The minimum Gasteiger partial charge on any atom is -0.298 e. The molecule has 0 amide bonds. The van der Waals surface area contributed by atoms with Crippen LogP contribution in [0.3, 0.4) is 0 Å². The van der Waals surface area contributed by atoms with Crippen molar-refractivity contribution in [2.75, 3.05) is 0 Å². The first-order chi connectivity index (χ1) is 6.07. The number of benzene rings is 1. The van der Waals surface area contributed by atoms with E-state index < -0.39 is 0 Å². The van der Waals surface area contributed by atoms with Crippen LogP contribution in [0.2, 0.25) is 0 Å². The lowest BCUT2D eigenvalue weighted by molar-refractivity contribution is 0.101. The van der Waals surface area contributed by atoms with E-state index in [2.05, 4.69) is 22.6 Å². The molecule has 0 saturated carbocycles. The molecule has 1 rings (SSSR count). The molecule has 1 aromatic carbocycles. The largest absolute Gasteiger partial charge is 0.298 e. The van der Waals surface area contributed by atoms with Crippen LogP contribution < -0.4 is 0 Å². The zero-order valence-corrected chi connectivity index (χ0v) is 9.58. The Kier molecular flexibility index (Phi) is 3.19. The Bertz CT molecular complexity index is 369. The SMILES string of the molecule is CC(=O)c1ccc(C=O)c(I)c1C. The number of hydrogen-bond donors (Lipinski definition) is 0. The van der Waals surface area contributed by atoms with Gasteiger partial charge >= 0.3 is 0 Å². The summed E-state index contributed by atoms with van der Waals surface area (Å²) < 4.78 is 0.861. The van der Waals surface area contributed by atoms with Crippen LogP contribution in [0.4, 0.5) is 0 Å². The second kappa shape index (κ2) is 4.00. The van der Waals surface area contributed by atoms with E-state index in [9.17, 15) is 9.59 Å². The highest BCUT2D eigenvalue weighted by Crippen LogP contribution is 2.19. The quantitative estimate of drug-likeness (QED) is 0.476. The summed E-state index contributed by atoms with van der Waals surface area (Å²) in [6, 6.07) is 3.38. The van der Waals surface area contributed by atoms with Crippen molar-refractivity contribution in [2.24, 2.45) is 0 Å². The van der Waals surface area contributed by atoms with E-state index in [-0.39, 0.29) is 5.78 Å². The molecule has 0 aliphatic rings. The zero-order valence-electron chi connectivity index (χ0n) is 7.43. The maximum absolute atomic E-state index is 11.1. The number of Topliss-reactive ketones (excluding diaryl/α,β-unsaturated/α-hetero) is 1. The lowest BCUT2D eigenvalue weighted by Gasteiger charge is -2.05. The Labute approximate surface area is 90.5 Å². The van der Waals surface area contributed by atoms with Gasteiger partial charge in [-0.15, -0.1) is 0 Å². The van der Waals surface area contributed by atoms with E-state index >= 15 is 0 Å². The molecular weight excluding hydrogens is 279 g/mol. The van der Waals surface area contributed by atoms with Gasteiger partial charge in [-0.2, -0.15) is 0 Å². The number of carbonyl (C=O) groups is 2. The first kappa shape index (κ1) is 10.4. The predicted molar refractivity (Wildman–Crippen MR) is 59.3 cm³/mol. The molecule has 0 atom stereocenters. The summed E-state index contributed by atoms with van der Waals surface area (Å²) in [6.45, 7) is 3.38. The van der Waals surface area contributed by atoms with Gasteiger partial charge in [0.1, 0.15) is 0 Å². The Morgan fingerprint density at radius 2 is 2.08 bits per heavy atom. The van der Waals surface area contributed by atoms with Crippen molar-refractivity contribution in [1.29, 1.82) is 0 Å². The average Bonchev–Trinajstić information content (AvgIpc) is 2.09. The van der Waals surface area contributed by atoms with E-state index in [0.717, 1.165) is 15.4 Å². The van der Waals surface area contributed by atoms with Crippen molar-refractivity contribution in [3.05, 3.63) is 32.4 Å². The predicted octanol–water partition coefficient (Wildman–Crippen LogP) is 2.61. The van der Waals surface area contributed by atoms with Crippen LogP contribution in [0, 0.1) is 10.5 Å². The third-order valence-electron chi connectivity index (χ3n) is 1.92. The molecule has 0 bridgehead atoms. The average molecular weight is 288 g/mol. The highest BCUT2D eigenvalue weighted by Gasteiger charge is 2.09. The molecule has 0 saturated heterocycles. The van der Waals surface area contributed by atoms with Gasteiger partial charge in [-0.05, 0) is 48.1 Å². The standard InChI is InChI=1S/C10H9IO2/c1-6-9(7(2)13)4-3-8(5-12)10(6)11/h3-5H,1-2H3. The monoisotopic (exact) mass is 288 g/mol. The third-order valence-corrected chi connectivity index (χ3v) is 3.35. The number of rotatable bonds is 2. The van der Waals surface area contributed by atoms with Crippen LogP contribution in [0.1, 0.15) is 33.2 Å². The Morgan fingerprint density at radius 3 is 2.54 bits per heavy atom. The summed E-state index contributed by atoms with van der Waals surface area (Å²) in [5, 5.41) is 0. The van der Waals surface area contributed by atoms with Crippen LogP contribution in [0.25, 0.3) is 0 Å². The third kappa shape index (κ3) is 1.96. The fourth-order valence-corrected chi connectivity index (χ4v) is 1.78. The van der Waals surface area contributed by atoms with Gasteiger partial charge in [-0.1, -0.05) is 6.07 Å². The summed E-state index contributed by atoms with van der Waals surface area (Å²) in [5.41, 5.74) is 2.22. The summed E-state index contributed by atoms with van der Waals surface area (Å²) in [4.78, 5) is 21.7. The van der Waals surface area contributed by atoms with Gasteiger partial charge in [0.25, 0.3) is 0 Å². The van der Waals surface area contributed by atoms with Gasteiger partial charge in [-0.3, -0.25) is 9.59 Å². The van der Waals surface area contributed by atoms with Gasteiger partial charge < -0.3 is 0 Å². The molecule has 0 aliphatic heterocycles. The molecule has 0 fully saturated rings. The van der Waals surface area contributed by atoms with Crippen molar-refractivity contribution in [3.8, 4) is 0 Å². The minimum atomic E-state index is 0.0351. The molecule has 0 heterocycles. The summed E-state index contributed by atoms with van der Waals surface area (Å²) >= 11 is 2.08. The maximum Gasteiger partial charge on any atom is 0.160 e. The first-order valence-electron chi connectivity index (χ1n) is 3.83. The fourth-order valence-electron chi connectivity index (χ4n) is 1.18. The molecule has 0 unspecified atom stereocenters. The van der Waals surface area contributed by atoms with Crippen molar-refractivity contribution >= 4 is 34.7 Å². The van der Waals surface area contributed by atoms with Crippen LogP contribution in [-0.2, 0) is 0 Å². The highest BCUT2D eigenvalue weighted by atomic mass is 127. The molecular formula is C10H9IO2. The fraction of sp³-hybridized carbons (Fsp3) is 0.200. The highest BCUT2D eigenvalue weighted by molar-refractivity contribution is 14.1. The summed E-state index contributed by atoms with van der Waals surface area (Å²) in [5.74, 6) is 0.0351. The van der Waals surface area contributed by atoms with E-state index in [1.165, 1.54) is 6.92 Å².